The molecule has 5 nitrogen and oxygen atoms in total. The molecule has 0 radical (unpaired) electrons. The molecule has 1 aliphatic rings. The Morgan fingerprint density at radius 1 is 1.26 bits per heavy atom. The van der Waals surface area contributed by atoms with Crippen molar-refractivity contribution in [2.45, 2.75) is 46.1 Å². The van der Waals surface area contributed by atoms with Crippen LogP contribution >= 0.6 is 11.3 Å². The highest BCUT2D eigenvalue weighted by Gasteiger charge is 2.21. The zero-order chi connectivity index (χ0) is 19.2. The van der Waals surface area contributed by atoms with Gasteiger partial charge in [0, 0.05) is 49.7 Å². The summed E-state index contributed by atoms with van der Waals surface area (Å²) >= 11 is 1.79. The maximum atomic E-state index is 4.50. The number of anilines is 1. The number of nitrogens with zero attached hydrogens (tertiary/aromatic N) is 3. The highest BCUT2D eigenvalue weighted by molar-refractivity contribution is 7.11. The quantitative estimate of drug-likeness (QED) is 0.611. The first-order valence-electron chi connectivity index (χ1n) is 9.77. The van der Waals surface area contributed by atoms with Crippen LogP contribution in [0.4, 0.5) is 5.69 Å². The lowest BCUT2D eigenvalue weighted by Crippen LogP contribution is -2.51. The Balaban J connectivity index is 1.50. The van der Waals surface area contributed by atoms with Crippen LogP contribution in [0.15, 0.2) is 29.3 Å². The van der Waals surface area contributed by atoms with Gasteiger partial charge in [0.25, 0.3) is 0 Å². The van der Waals surface area contributed by atoms with Gasteiger partial charge in [-0.2, -0.15) is 0 Å². The Labute approximate surface area is 166 Å². The number of benzene rings is 1. The lowest BCUT2D eigenvalue weighted by molar-refractivity contribution is 0.468. The Morgan fingerprint density at radius 2 is 2.04 bits per heavy atom. The molecule has 6 heteroatoms. The van der Waals surface area contributed by atoms with Gasteiger partial charge in [-0.1, -0.05) is 17.7 Å². The molecule has 0 spiro atoms. The molecule has 1 saturated heterocycles. The van der Waals surface area contributed by atoms with Gasteiger partial charge in [-0.05, 0) is 45.7 Å². The summed E-state index contributed by atoms with van der Waals surface area (Å²) in [7, 11) is 1.85. The van der Waals surface area contributed by atoms with Crippen LogP contribution in [-0.4, -0.2) is 43.7 Å². The molecule has 0 bridgehead atoms. The summed E-state index contributed by atoms with van der Waals surface area (Å²) in [6.45, 7) is 9.30. The molecule has 146 valence electrons. The molecular formula is C21H31N5S. The topological polar surface area (TPSA) is 52.6 Å². The summed E-state index contributed by atoms with van der Waals surface area (Å²) in [6, 6.07) is 9.25. The maximum absolute atomic E-state index is 4.50. The Kier molecular flexibility index (Phi) is 6.72. The van der Waals surface area contributed by atoms with Gasteiger partial charge >= 0.3 is 0 Å². The SMILES string of the molecule is CN=C(NCCc1sc(C)nc1C)NC1CCCN(c2ccc(C)cc2)C1. The van der Waals surface area contributed by atoms with E-state index in [1.807, 2.05) is 7.05 Å². The van der Waals surface area contributed by atoms with Crippen molar-refractivity contribution in [2.24, 2.45) is 4.99 Å². The average Bonchev–Trinajstić information content (AvgIpc) is 2.99. The highest BCUT2D eigenvalue weighted by Crippen LogP contribution is 2.20. The molecule has 3 rings (SSSR count). The highest BCUT2D eigenvalue weighted by atomic mass is 32.1. The van der Waals surface area contributed by atoms with E-state index in [1.54, 1.807) is 11.3 Å². The van der Waals surface area contributed by atoms with Crippen molar-refractivity contribution >= 4 is 23.0 Å². The predicted molar refractivity (Wildman–Crippen MR) is 116 cm³/mol. The number of aromatic nitrogens is 1. The molecule has 0 saturated carbocycles. The normalized spacial score (nSPS) is 17.9. The van der Waals surface area contributed by atoms with E-state index < -0.39 is 0 Å². The van der Waals surface area contributed by atoms with E-state index in [-0.39, 0.29) is 0 Å². The number of rotatable bonds is 5. The van der Waals surface area contributed by atoms with E-state index in [1.165, 1.54) is 29.0 Å². The third kappa shape index (κ3) is 5.45. The largest absolute Gasteiger partial charge is 0.369 e. The molecule has 0 amide bonds. The van der Waals surface area contributed by atoms with Gasteiger partial charge in [0.2, 0.25) is 0 Å². The van der Waals surface area contributed by atoms with E-state index >= 15 is 0 Å². The van der Waals surface area contributed by atoms with Gasteiger partial charge < -0.3 is 15.5 Å². The van der Waals surface area contributed by atoms with E-state index in [2.05, 4.69) is 70.5 Å². The Morgan fingerprint density at radius 3 is 2.70 bits per heavy atom. The first-order valence-corrected chi connectivity index (χ1v) is 10.6. The summed E-state index contributed by atoms with van der Waals surface area (Å²) < 4.78 is 0. The van der Waals surface area contributed by atoms with Crippen LogP contribution in [0, 0.1) is 20.8 Å². The number of thiazole rings is 1. The van der Waals surface area contributed by atoms with Crippen LogP contribution in [0.2, 0.25) is 0 Å². The van der Waals surface area contributed by atoms with Crippen molar-refractivity contribution in [3.05, 3.63) is 45.4 Å². The molecule has 1 aromatic carbocycles. The Bertz CT molecular complexity index is 765. The lowest BCUT2D eigenvalue weighted by Gasteiger charge is -2.35. The second-order valence-corrected chi connectivity index (χ2v) is 8.54. The second kappa shape index (κ2) is 9.22. The minimum Gasteiger partial charge on any atom is -0.369 e. The summed E-state index contributed by atoms with van der Waals surface area (Å²) in [6.07, 6.45) is 3.36. The van der Waals surface area contributed by atoms with Crippen molar-refractivity contribution in [3.8, 4) is 0 Å². The molecule has 27 heavy (non-hydrogen) atoms. The predicted octanol–water partition coefficient (Wildman–Crippen LogP) is 3.44. The molecular weight excluding hydrogens is 354 g/mol. The van der Waals surface area contributed by atoms with Crippen LogP contribution in [-0.2, 0) is 6.42 Å². The number of guanidine groups is 1. The van der Waals surface area contributed by atoms with Crippen LogP contribution < -0.4 is 15.5 Å². The first-order chi connectivity index (χ1) is 13.0. The second-order valence-electron chi connectivity index (χ2n) is 7.26. The molecule has 2 heterocycles. The summed E-state index contributed by atoms with van der Waals surface area (Å²) in [5.74, 6) is 0.893. The number of nitrogens with one attached hydrogen (secondary N) is 2. The zero-order valence-corrected chi connectivity index (χ0v) is 17.7. The molecule has 1 fully saturated rings. The summed E-state index contributed by atoms with van der Waals surface area (Å²) in [5.41, 5.74) is 3.77. The van der Waals surface area contributed by atoms with E-state index in [9.17, 15) is 0 Å². The van der Waals surface area contributed by atoms with E-state index in [0.29, 0.717) is 6.04 Å². The molecule has 2 aromatic rings. The van der Waals surface area contributed by atoms with E-state index in [4.69, 9.17) is 0 Å². The van der Waals surface area contributed by atoms with Crippen LogP contribution in [0.1, 0.15) is 34.0 Å². The molecule has 1 aliphatic heterocycles. The number of aliphatic imine (C=N–C) groups is 1. The molecule has 1 aromatic heterocycles. The van der Waals surface area contributed by atoms with Gasteiger partial charge in [-0.25, -0.2) is 4.98 Å². The fourth-order valence-corrected chi connectivity index (χ4v) is 4.51. The van der Waals surface area contributed by atoms with Crippen LogP contribution in [0.25, 0.3) is 0 Å². The number of hydrogen-bond donors (Lipinski definition) is 2. The zero-order valence-electron chi connectivity index (χ0n) is 16.9. The number of hydrogen-bond acceptors (Lipinski definition) is 4. The summed E-state index contributed by atoms with van der Waals surface area (Å²) in [5, 5.41) is 8.21. The fourth-order valence-electron chi connectivity index (χ4n) is 3.57. The minimum absolute atomic E-state index is 0.415. The van der Waals surface area contributed by atoms with Gasteiger partial charge in [0.1, 0.15) is 0 Å². The fraction of sp³-hybridized carbons (Fsp3) is 0.524. The van der Waals surface area contributed by atoms with E-state index in [0.717, 1.165) is 42.7 Å². The third-order valence-electron chi connectivity index (χ3n) is 5.03. The first kappa shape index (κ1) is 19.7. The lowest BCUT2D eigenvalue weighted by atomic mass is 10.0. The van der Waals surface area contributed by atoms with Crippen molar-refractivity contribution in [3.63, 3.8) is 0 Å². The number of aryl methyl sites for hydroxylation is 3. The van der Waals surface area contributed by atoms with Crippen molar-refractivity contribution < 1.29 is 0 Å². The minimum atomic E-state index is 0.415. The average molecular weight is 386 g/mol. The van der Waals surface area contributed by atoms with Gasteiger partial charge in [-0.3, -0.25) is 4.99 Å². The van der Waals surface area contributed by atoms with Crippen LogP contribution in [0.5, 0.6) is 0 Å². The molecule has 2 N–H and O–H groups in total. The van der Waals surface area contributed by atoms with Crippen molar-refractivity contribution in [1.82, 2.24) is 15.6 Å². The molecule has 1 atom stereocenters. The smallest absolute Gasteiger partial charge is 0.191 e. The van der Waals surface area contributed by atoms with Gasteiger partial charge in [-0.15, -0.1) is 11.3 Å². The van der Waals surface area contributed by atoms with Crippen LogP contribution in [0.3, 0.4) is 0 Å². The van der Waals surface area contributed by atoms with Crippen molar-refractivity contribution in [2.75, 3.05) is 31.6 Å². The molecule has 0 aliphatic carbocycles. The van der Waals surface area contributed by atoms with Gasteiger partial charge in [0.15, 0.2) is 5.96 Å². The van der Waals surface area contributed by atoms with Gasteiger partial charge in [0.05, 0.1) is 10.7 Å². The standard InChI is InChI=1S/C21H31N5S/c1-15-7-9-19(10-8-15)26-13-5-6-18(14-26)25-21(22-4)23-12-11-20-16(2)24-17(3)27-20/h7-10,18H,5-6,11-14H2,1-4H3,(H2,22,23,25). The third-order valence-corrected chi connectivity index (χ3v) is 6.16. The summed E-state index contributed by atoms with van der Waals surface area (Å²) in [4.78, 5) is 12.7. The molecule has 1 unspecified atom stereocenters. The monoisotopic (exact) mass is 385 g/mol. The Hall–Kier alpha value is -2.08. The maximum Gasteiger partial charge on any atom is 0.191 e. The number of piperidine rings is 1. The van der Waals surface area contributed by atoms with Crippen molar-refractivity contribution in [1.29, 1.82) is 0 Å².